The normalized spacial score (nSPS) is 20.4. The molecule has 2 amide bonds. The zero-order valence-electron chi connectivity index (χ0n) is 23.2. The van der Waals surface area contributed by atoms with E-state index in [1.165, 1.54) is 12.1 Å². The monoisotopic (exact) mass is 565 g/mol. The van der Waals surface area contributed by atoms with Crippen molar-refractivity contribution in [2.75, 3.05) is 26.2 Å². The maximum atomic E-state index is 14.3. The fourth-order valence-corrected chi connectivity index (χ4v) is 6.04. The Morgan fingerprint density at radius 1 is 0.975 bits per heavy atom. The van der Waals surface area contributed by atoms with Crippen molar-refractivity contribution in [1.82, 2.24) is 15.1 Å². The van der Waals surface area contributed by atoms with E-state index in [4.69, 9.17) is 0 Å². The standard InChI is InChI=1S/C30H36F5N3O2/c1-18(2)26(36-27(39)23-15-21(30(33,34)35)7-10-25(23)32)28(40)37-13-11-29(12-14-37)17-38(19(3)4)16-24(29)20-5-8-22(31)9-6-20/h5-10,15,18-19,24,26H,11-14,16-17H2,1-4H3,(H,36,39). The maximum Gasteiger partial charge on any atom is 0.416 e. The Bertz CT molecular complexity index is 1220. The van der Waals surface area contributed by atoms with Crippen LogP contribution in [0.1, 0.15) is 67.9 Å². The third-order valence-corrected chi connectivity index (χ3v) is 8.51. The van der Waals surface area contributed by atoms with Gasteiger partial charge >= 0.3 is 6.18 Å². The van der Waals surface area contributed by atoms with Crippen LogP contribution in [0.4, 0.5) is 22.0 Å². The minimum absolute atomic E-state index is 0.101. The van der Waals surface area contributed by atoms with E-state index in [9.17, 15) is 31.5 Å². The molecular formula is C30H36F5N3O2. The lowest BCUT2D eigenvalue weighted by molar-refractivity contribution is -0.138. The van der Waals surface area contributed by atoms with E-state index in [1.54, 1.807) is 18.7 Å². The van der Waals surface area contributed by atoms with Gasteiger partial charge in [0.25, 0.3) is 5.91 Å². The first-order chi connectivity index (χ1) is 18.7. The molecule has 5 nitrogen and oxygen atoms in total. The summed E-state index contributed by atoms with van der Waals surface area (Å²) in [4.78, 5) is 30.5. The first-order valence-corrected chi connectivity index (χ1v) is 13.7. The molecule has 0 saturated carbocycles. The summed E-state index contributed by atoms with van der Waals surface area (Å²) in [6, 6.07) is 7.56. The van der Waals surface area contributed by atoms with E-state index in [1.807, 2.05) is 12.1 Å². The van der Waals surface area contributed by atoms with Crippen LogP contribution in [0.5, 0.6) is 0 Å². The number of nitrogens with one attached hydrogen (secondary N) is 1. The molecule has 2 saturated heterocycles. The van der Waals surface area contributed by atoms with Crippen LogP contribution in [0.3, 0.4) is 0 Å². The van der Waals surface area contributed by atoms with Gasteiger partial charge in [-0.05, 0) is 73.9 Å². The zero-order chi connectivity index (χ0) is 29.4. The average molecular weight is 566 g/mol. The van der Waals surface area contributed by atoms with Crippen LogP contribution in [0.2, 0.25) is 0 Å². The predicted molar refractivity (Wildman–Crippen MR) is 142 cm³/mol. The molecule has 2 aliphatic heterocycles. The smallest absolute Gasteiger partial charge is 0.341 e. The predicted octanol–water partition coefficient (Wildman–Crippen LogP) is 5.85. The van der Waals surface area contributed by atoms with Gasteiger partial charge in [-0.2, -0.15) is 13.2 Å². The second kappa shape index (κ2) is 11.5. The van der Waals surface area contributed by atoms with E-state index in [2.05, 4.69) is 24.1 Å². The van der Waals surface area contributed by atoms with Gasteiger partial charge in [0, 0.05) is 38.1 Å². The fraction of sp³-hybridized carbons (Fsp3) is 0.533. The molecular weight excluding hydrogens is 529 g/mol. The Morgan fingerprint density at radius 2 is 1.60 bits per heavy atom. The number of carbonyl (C=O) groups is 2. The summed E-state index contributed by atoms with van der Waals surface area (Å²) in [5.74, 6) is -2.99. The average Bonchev–Trinajstić information content (AvgIpc) is 3.26. The molecule has 0 radical (unpaired) electrons. The van der Waals surface area contributed by atoms with Crippen LogP contribution in [0.15, 0.2) is 42.5 Å². The highest BCUT2D eigenvalue weighted by atomic mass is 19.4. The van der Waals surface area contributed by atoms with Crippen LogP contribution in [-0.4, -0.2) is 59.9 Å². The van der Waals surface area contributed by atoms with Gasteiger partial charge in [-0.1, -0.05) is 26.0 Å². The fourth-order valence-electron chi connectivity index (χ4n) is 6.04. The van der Waals surface area contributed by atoms with Crippen molar-refractivity contribution < 1.29 is 31.5 Å². The van der Waals surface area contributed by atoms with E-state index >= 15 is 0 Å². The first-order valence-electron chi connectivity index (χ1n) is 13.7. The van der Waals surface area contributed by atoms with Gasteiger partial charge < -0.3 is 10.2 Å². The lowest BCUT2D eigenvalue weighted by Crippen LogP contribution is -2.55. The molecule has 2 aromatic carbocycles. The summed E-state index contributed by atoms with van der Waals surface area (Å²) in [6.07, 6.45) is -3.31. The topological polar surface area (TPSA) is 52.7 Å². The van der Waals surface area contributed by atoms with Crippen LogP contribution in [-0.2, 0) is 11.0 Å². The van der Waals surface area contributed by atoms with Gasteiger partial charge in [0.05, 0.1) is 11.1 Å². The summed E-state index contributed by atoms with van der Waals surface area (Å²) in [7, 11) is 0. The number of hydrogen-bond donors (Lipinski definition) is 1. The number of hydrogen-bond acceptors (Lipinski definition) is 3. The summed E-state index contributed by atoms with van der Waals surface area (Å²) < 4.78 is 67.4. The van der Waals surface area contributed by atoms with Crippen LogP contribution >= 0.6 is 0 Å². The number of nitrogens with zero attached hydrogens (tertiary/aromatic N) is 2. The van der Waals surface area contributed by atoms with Gasteiger partial charge in [-0.15, -0.1) is 0 Å². The van der Waals surface area contributed by atoms with Crippen molar-refractivity contribution in [3.05, 3.63) is 70.8 Å². The molecule has 1 N–H and O–H groups in total. The number of carbonyl (C=O) groups excluding carboxylic acids is 2. The highest BCUT2D eigenvalue weighted by molar-refractivity contribution is 5.98. The van der Waals surface area contributed by atoms with Crippen molar-refractivity contribution in [2.24, 2.45) is 11.3 Å². The Hall–Kier alpha value is -3.01. The molecule has 2 heterocycles. The Labute approximate surface area is 231 Å². The van der Waals surface area contributed by atoms with E-state index in [0.717, 1.165) is 18.7 Å². The van der Waals surface area contributed by atoms with E-state index in [-0.39, 0.29) is 29.0 Å². The largest absolute Gasteiger partial charge is 0.416 e. The highest BCUT2D eigenvalue weighted by Gasteiger charge is 2.50. The Kier molecular flexibility index (Phi) is 8.59. The molecule has 2 aromatic rings. The minimum atomic E-state index is -4.74. The number of halogens is 5. The van der Waals surface area contributed by atoms with Crippen molar-refractivity contribution in [2.45, 2.75) is 64.7 Å². The summed E-state index contributed by atoms with van der Waals surface area (Å²) >= 11 is 0. The molecule has 0 aromatic heterocycles. The molecule has 40 heavy (non-hydrogen) atoms. The number of piperidine rings is 1. The quantitative estimate of drug-likeness (QED) is 0.447. The number of rotatable bonds is 6. The lowest BCUT2D eigenvalue weighted by Gasteiger charge is -2.44. The van der Waals surface area contributed by atoms with E-state index < -0.39 is 35.1 Å². The summed E-state index contributed by atoms with van der Waals surface area (Å²) in [5, 5.41) is 2.49. The van der Waals surface area contributed by atoms with Crippen molar-refractivity contribution >= 4 is 11.8 Å². The van der Waals surface area contributed by atoms with Crippen LogP contribution in [0, 0.1) is 23.0 Å². The van der Waals surface area contributed by atoms with Gasteiger partial charge in [0.15, 0.2) is 0 Å². The lowest BCUT2D eigenvalue weighted by atomic mass is 9.68. The number of amides is 2. The second-order valence-electron chi connectivity index (χ2n) is 11.7. The SMILES string of the molecule is CC(C)C(NC(=O)c1cc(C(F)(F)F)ccc1F)C(=O)N1CCC2(CC1)CN(C(C)C)CC2c1ccc(F)cc1. The summed E-state index contributed by atoms with van der Waals surface area (Å²) in [5.41, 5.74) is -0.931. The van der Waals surface area contributed by atoms with Crippen molar-refractivity contribution in [3.8, 4) is 0 Å². The number of likely N-dealkylation sites (tertiary alicyclic amines) is 2. The molecule has 218 valence electrons. The highest BCUT2D eigenvalue weighted by Crippen LogP contribution is 2.50. The van der Waals surface area contributed by atoms with Crippen LogP contribution < -0.4 is 5.32 Å². The number of benzene rings is 2. The molecule has 0 aliphatic carbocycles. The molecule has 2 atom stereocenters. The molecule has 4 rings (SSSR count). The maximum absolute atomic E-state index is 14.3. The first kappa shape index (κ1) is 30.0. The molecule has 1 spiro atoms. The van der Waals surface area contributed by atoms with Crippen LogP contribution in [0.25, 0.3) is 0 Å². The zero-order valence-corrected chi connectivity index (χ0v) is 23.2. The molecule has 2 unspecified atom stereocenters. The molecule has 2 fully saturated rings. The third-order valence-electron chi connectivity index (χ3n) is 8.51. The van der Waals surface area contributed by atoms with Crippen molar-refractivity contribution in [1.29, 1.82) is 0 Å². The van der Waals surface area contributed by atoms with Gasteiger partial charge in [0.1, 0.15) is 17.7 Å². The molecule has 0 bridgehead atoms. The third kappa shape index (κ3) is 6.16. The van der Waals surface area contributed by atoms with Crippen molar-refractivity contribution in [3.63, 3.8) is 0 Å². The molecule has 2 aliphatic rings. The minimum Gasteiger partial charge on any atom is -0.341 e. The number of alkyl halides is 3. The van der Waals surface area contributed by atoms with E-state index in [0.29, 0.717) is 50.2 Å². The second-order valence-corrected chi connectivity index (χ2v) is 11.7. The van der Waals surface area contributed by atoms with Gasteiger partial charge in [0.2, 0.25) is 5.91 Å². The van der Waals surface area contributed by atoms with Gasteiger partial charge in [-0.3, -0.25) is 14.5 Å². The molecule has 10 heteroatoms. The summed E-state index contributed by atoms with van der Waals surface area (Å²) in [6.45, 7) is 10.3. The Balaban J connectivity index is 1.49. The van der Waals surface area contributed by atoms with Gasteiger partial charge in [-0.25, -0.2) is 8.78 Å². The Morgan fingerprint density at radius 3 is 2.15 bits per heavy atom.